The molecule has 0 heterocycles. The lowest BCUT2D eigenvalue weighted by Gasteiger charge is -2.25. The number of methoxy groups -OCH3 is 1. The van der Waals surface area contributed by atoms with E-state index in [9.17, 15) is 19.2 Å². The first kappa shape index (κ1) is 31.1. The molecule has 0 aromatic heterocycles. The minimum atomic E-state index is -1.00. The van der Waals surface area contributed by atoms with Gasteiger partial charge in [-0.1, -0.05) is 59.3 Å². The molecule has 1 aromatic carbocycles. The van der Waals surface area contributed by atoms with Gasteiger partial charge in [0.15, 0.2) is 5.71 Å². The molecule has 3 rings (SSSR count). The molecule has 1 aromatic rings. The largest absolute Gasteiger partial charge is 0.467 e. The molecule has 11 nitrogen and oxygen atoms in total. The van der Waals surface area contributed by atoms with E-state index in [0.29, 0.717) is 25.7 Å². The maximum absolute atomic E-state index is 13.1. The number of alkyl carbamates (subject to hydrolysis) is 1. The van der Waals surface area contributed by atoms with Crippen molar-refractivity contribution in [2.75, 3.05) is 14.2 Å². The molecule has 2 aliphatic carbocycles. The minimum Gasteiger partial charge on any atom is -0.467 e. The highest BCUT2D eigenvalue weighted by molar-refractivity contribution is 6.43. The van der Waals surface area contributed by atoms with Gasteiger partial charge < -0.3 is 30.3 Å². The summed E-state index contributed by atoms with van der Waals surface area (Å²) >= 11 is 0. The number of allylic oxidation sites excluding steroid dienone is 3. The van der Waals surface area contributed by atoms with Crippen molar-refractivity contribution < 1.29 is 33.5 Å². The summed E-state index contributed by atoms with van der Waals surface area (Å²) in [6, 6.07) is 8.29. The summed E-state index contributed by atoms with van der Waals surface area (Å²) in [6.45, 7) is 1.67. The summed E-state index contributed by atoms with van der Waals surface area (Å²) < 4.78 is 10.2. The topological polar surface area (TPSA) is 144 Å². The lowest BCUT2D eigenvalue weighted by Crippen LogP contribution is -2.43. The molecule has 0 saturated heterocycles. The standard InChI is InChI=1S/C30H38N4O7/c1-20(35)31-24-13-9-22(10-14-24)18-27(29(37)39-2)33-28(36)26(34-40-3)17-21-11-15-25(16-12-21)32-30(38)41-19-23-7-5-4-6-8-23/h4-8,11,15,17-18,24-25,27H,9-10,12-14,16,19H2,1-3H3,(H,31,35)(H,32,38)(H,33,36)/b21-17-,22-18?,34-26+/t24?,25-,27-/m0/s1. The highest BCUT2D eigenvalue weighted by Gasteiger charge is 2.25. The van der Waals surface area contributed by atoms with Gasteiger partial charge in [-0.2, -0.15) is 0 Å². The van der Waals surface area contributed by atoms with Crippen molar-refractivity contribution in [1.82, 2.24) is 16.0 Å². The van der Waals surface area contributed by atoms with E-state index in [4.69, 9.17) is 14.3 Å². The number of hydrogen-bond donors (Lipinski definition) is 3. The van der Waals surface area contributed by atoms with Crippen molar-refractivity contribution in [2.45, 2.75) is 70.2 Å². The fourth-order valence-electron chi connectivity index (χ4n) is 4.64. The number of nitrogens with zero attached hydrogens (tertiary/aromatic N) is 1. The second-order valence-electron chi connectivity index (χ2n) is 9.86. The van der Waals surface area contributed by atoms with Crippen LogP contribution in [0.2, 0.25) is 0 Å². The van der Waals surface area contributed by atoms with Gasteiger partial charge in [0.2, 0.25) is 5.91 Å². The van der Waals surface area contributed by atoms with Gasteiger partial charge in [-0.05, 0) is 55.7 Å². The number of esters is 1. The van der Waals surface area contributed by atoms with E-state index in [2.05, 4.69) is 21.1 Å². The molecule has 3 amide bonds. The molecular formula is C30H38N4O7. The third-order valence-corrected chi connectivity index (χ3v) is 6.73. The maximum atomic E-state index is 13.1. The molecule has 41 heavy (non-hydrogen) atoms. The fourth-order valence-corrected chi connectivity index (χ4v) is 4.64. The van der Waals surface area contributed by atoms with Gasteiger partial charge in [0.05, 0.1) is 13.2 Å². The van der Waals surface area contributed by atoms with Crippen LogP contribution in [0.25, 0.3) is 0 Å². The first-order valence-corrected chi connectivity index (χ1v) is 13.6. The molecule has 0 aliphatic heterocycles. The molecule has 220 valence electrons. The van der Waals surface area contributed by atoms with Crippen LogP contribution in [0.1, 0.15) is 51.0 Å². The summed E-state index contributed by atoms with van der Waals surface area (Å²) in [7, 11) is 2.59. The molecule has 3 N–H and O–H groups in total. The molecule has 0 spiro atoms. The number of carbonyl (C=O) groups excluding carboxylic acids is 4. The Balaban J connectivity index is 1.58. The molecule has 1 saturated carbocycles. The highest BCUT2D eigenvalue weighted by Crippen LogP contribution is 2.24. The molecule has 0 bridgehead atoms. The smallest absolute Gasteiger partial charge is 0.407 e. The summed E-state index contributed by atoms with van der Waals surface area (Å²) in [4.78, 5) is 54.0. The van der Waals surface area contributed by atoms with E-state index < -0.39 is 24.0 Å². The van der Waals surface area contributed by atoms with Gasteiger partial charge in [0.1, 0.15) is 19.8 Å². The maximum Gasteiger partial charge on any atom is 0.407 e. The van der Waals surface area contributed by atoms with Gasteiger partial charge in [0, 0.05) is 13.0 Å². The van der Waals surface area contributed by atoms with Crippen LogP contribution in [-0.4, -0.2) is 61.9 Å². The van der Waals surface area contributed by atoms with Crippen LogP contribution in [0.15, 0.2) is 70.9 Å². The normalized spacial score (nSPS) is 20.4. The van der Waals surface area contributed by atoms with Crippen molar-refractivity contribution in [3.63, 3.8) is 0 Å². The quantitative estimate of drug-likeness (QED) is 0.171. The Morgan fingerprint density at radius 3 is 2.37 bits per heavy atom. The van der Waals surface area contributed by atoms with E-state index in [1.54, 1.807) is 18.2 Å². The Hall–Kier alpha value is -4.41. The molecule has 11 heteroatoms. The average Bonchev–Trinajstić information content (AvgIpc) is 2.97. The summed E-state index contributed by atoms with van der Waals surface area (Å²) in [5.41, 5.74) is 2.69. The minimum absolute atomic E-state index is 0.0116. The zero-order valence-corrected chi connectivity index (χ0v) is 23.7. The van der Waals surface area contributed by atoms with Crippen LogP contribution in [0.3, 0.4) is 0 Å². The van der Waals surface area contributed by atoms with E-state index in [1.807, 2.05) is 36.4 Å². The molecule has 0 unspecified atom stereocenters. The van der Waals surface area contributed by atoms with Gasteiger partial charge in [0.25, 0.3) is 5.91 Å². The van der Waals surface area contributed by atoms with Crippen molar-refractivity contribution in [3.05, 3.63) is 71.3 Å². The van der Waals surface area contributed by atoms with E-state index in [0.717, 1.165) is 29.6 Å². The van der Waals surface area contributed by atoms with E-state index in [-0.39, 0.29) is 30.3 Å². The Labute approximate surface area is 240 Å². The monoisotopic (exact) mass is 566 g/mol. The third-order valence-electron chi connectivity index (χ3n) is 6.73. The van der Waals surface area contributed by atoms with Crippen molar-refractivity contribution in [1.29, 1.82) is 0 Å². The van der Waals surface area contributed by atoms with Crippen LogP contribution in [-0.2, 0) is 35.3 Å². The van der Waals surface area contributed by atoms with Gasteiger partial charge in [-0.3, -0.25) is 9.59 Å². The summed E-state index contributed by atoms with van der Waals surface area (Å²) in [5, 5.41) is 12.3. The zero-order valence-electron chi connectivity index (χ0n) is 23.7. The van der Waals surface area contributed by atoms with Crippen LogP contribution in [0, 0.1) is 0 Å². The van der Waals surface area contributed by atoms with Crippen LogP contribution < -0.4 is 16.0 Å². The summed E-state index contributed by atoms with van der Waals surface area (Å²) in [5.74, 6) is -1.27. The number of nitrogens with one attached hydrogen (secondary N) is 3. The van der Waals surface area contributed by atoms with Crippen molar-refractivity contribution >= 4 is 29.6 Å². The highest BCUT2D eigenvalue weighted by atomic mass is 16.6. The number of hydrogen-bond acceptors (Lipinski definition) is 8. The van der Waals surface area contributed by atoms with E-state index >= 15 is 0 Å². The summed E-state index contributed by atoms with van der Waals surface area (Å²) in [6.07, 6.45) is 10.5. The first-order chi connectivity index (χ1) is 19.8. The number of rotatable bonds is 10. The van der Waals surface area contributed by atoms with Gasteiger partial charge >= 0.3 is 12.1 Å². The predicted octanol–water partition coefficient (Wildman–Crippen LogP) is 3.22. The zero-order chi connectivity index (χ0) is 29.6. The number of amides is 3. The second kappa shape index (κ2) is 16.0. The number of ether oxygens (including phenoxy) is 2. The lowest BCUT2D eigenvalue weighted by atomic mass is 9.89. The second-order valence-corrected chi connectivity index (χ2v) is 9.86. The molecule has 2 atom stereocenters. The number of oxime groups is 1. The van der Waals surface area contributed by atoms with Crippen molar-refractivity contribution in [2.24, 2.45) is 5.16 Å². The molecule has 1 fully saturated rings. The van der Waals surface area contributed by atoms with Crippen LogP contribution in [0.4, 0.5) is 4.79 Å². The Morgan fingerprint density at radius 1 is 1.02 bits per heavy atom. The van der Waals surface area contributed by atoms with Gasteiger partial charge in [-0.25, -0.2) is 9.59 Å². The Bertz CT molecular complexity index is 1200. The van der Waals surface area contributed by atoms with E-state index in [1.165, 1.54) is 21.1 Å². The Kier molecular flexibility index (Phi) is 12.1. The number of carbonyl (C=O) groups is 4. The molecular weight excluding hydrogens is 528 g/mol. The predicted molar refractivity (Wildman–Crippen MR) is 153 cm³/mol. The Morgan fingerprint density at radius 2 is 1.76 bits per heavy atom. The van der Waals surface area contributed by atoms with Crippen LogP contribution in [0.5, 0.6) is 0 Å². The number of benzene rings is 1. The SMILES string of the molecule is CO/N=C(\C=C1\C=C[C@H](NC(=O)OCc2ccccc2)CC1)C(=O)N[C@@H](C=C1CCC(NC(C)=O)CC1)C(=O)OC. The first-order valence-electron chi connectivity index (χ1n) is 13.6. The molecule has 0 radical (unpaired) electrons. The van der Waals surface area contributed by atoms with Crippen molar-refractivity contribution in [3.8, 4) is 0 Å². The van der Waals surface area contributed by atoms with Crippen LogP contribution >= 0.6 is 0 Å². The lowest BCUT2D eigenvalue weighted by molar-refractivity contribution is -0.143. The fraction of sp³-hybridized carbons (Fsp3) is 0.433. The molecule has 2 aliphatic rings. The van der Waals surface area contributed by atoms with Gasteiger partial charge in [-0.15, -0.1) is 0 Å². The third kappa shape index (κ3) is 10.6. The average molecular weight is 567 g/mol.